The van der Waals surface area contributed by atoms with Crippen LogP contribution in [0.1, 0.15) is 65.8 Å². The highest BCUT2D eigenvalue weighted by atomic mass is 28.4. The fraction of sp³-hybridized carbons (Fsp3) is 0.359. The van der Waals surface area contributed by atoms with Crippen molar-refractivity contribution in [3.63, 3.8) is 0 Å². The Morgan fingerprint density at radius 2 is 1.49 bits per heavy atom. The third-order valence-corrected chi connectivity index (χ3v) is 14.4. The second-order valence-corrected chi connectivity index (χ2v) is 18.6. The Balaban J connectivity index is 1.67. The Hall–Kier alpha value is -3.53. The number of rotatable bonds is 12. The van der Waals surface area contributed by atoms with Crippen LogP contribution in [0.4, 0.5) is 0 Å². The van der Waals surface area contributed by atoms with E-state index in [1.165, 1.54) is 10.4 Å². The maximum Gasteiger partial charge on any atom is 0.488 e. The fourth-order valence-corrected chi connectivity index (χ4v) is 11.8. The normalized spacial score (nSPS) is 13.2. The van der Waals surface area contributed by atoms with E-state index < -0.39 is 15.4 Å². The van der Waals surface area contributed by atoms with Crippen molar-refractivity contribution >= 4 is 42.2 Å². The highest BCUT2D eigenvalue weighted by Gasteiger charge is 2.50. The van der Waals surface area contributed by atoms with E-state index in [1.807, 2.05) is 31.3 Å². The summed E-state index contributed by atoms with van der Waals surface area (Å²) in [5.41, 5.74) is 5.33. The first kappa shape index (κ1) is 34.8. The molecule has 0 bridgehead atoms. The Morgan fingerprint density at radius 3 is 2.02 bits per heavy atom. The van der Waals surface area contributed by atoms with Crippen LogP contribution in [0, 0.1) is 5.41 Å². The molecule has 0 saturated carbocycles. The van der Waals surface area contributed by atoms with E-state index in [0.717, 1.165) is 40.0 Å². The van der Waals surface area contributed by atoms with E-state index in [2.05, 4.69) is 113 Å². The number of benzene rings is 3. The number of hydrogen-bond acceptors (Lipinski definition) is 5. The fourth-order valence-electron chi connectivity index (χ4n) is 7.07. The molecule has 2 heterocycles. The lowest BCUT2D eigenvalue weighted by Gasteiger charge is -2.44. The Morgan fingerprint density at radius 1 is 0.872 bits per heavy atom. The lowest BCUT2D eigenvalue weighted by Crippen LogP contribution is -2.67. The second kappa shape index (κ2) is 13.9. The second-order valence-electron chi connectivity index (χ2n) is 14.3. The molecule has 0 aliphatic heterocycles. The van der Waals surface area contributed by atoms with Crippen LogP contribution in [0.2, 0.25) is 5.04 Å². The molecule has 2 aromatic heterocycles. The molecule has 1 unspecified atom stereocenters. The first-order chi connectivity index (χ1) is 22.3. The number of fused-ring (bicyclic) bond motifs is 1. The quantitative estimate of drug-likeness (QED) is 0.156. The lowest BCUT2D eigenvalue weighted by molar-refractivity contribution is 0.116. The minimum absolute atomic E-state index is 0.137. The highest BCUT2D eigenvalue weighted by Crippen LogP contribution is 2.42. The molecule has 0 amide bonds. The molecule has 0 radical (unpaired) electrons. The Labute approximate surface area is 281 Å². The van der Waals surface area contributed by atoms with Gasteiger partial charge in [0.25, 0.3) is 8.32 Å². The van der Waals surface area contributed by atoms with Gasteiger partial charge < -0.3 is 23.8 Å². The number of hydrogen-bond donors (Lipinski definition) is 2. The third-order valence-electron chi connectivity index (χ3n) is 9.39. The van der Waals surface area contributed by atoms with Crippen LogP contribution in [0.3, 0.4) is 0 Å². The monoisotopic (exact) mass is 648 g/mol. The summed E-state index contributed by atoms with van der Waals surface area (Å²) in [6.07, 6.45) is 2.31. The van der Waals surface area contributed by atoms with E-state index >= 15 is 0 Å². The summed E-state index contributed by atoms with van der Waals surface area (Å²) in [5, 5.41) is 23.7. The van der Waals surface area contributed by atoms with Crippen molar-refractivity contribution < 1.29 is 19.2 Å². The summed E-state index contributed by atoms with van der Waals surface area (Å²) in [7, 11) is -2.61. The molecule has 0 aliphatic rings. The topological polar surface area (TPSA) is 76.7 Å². The number of nitrogens with zero attached hydrogens (tertiary/aromatic N) is 2. The van der Waals surface area contributed by atoms with Crippen molar-refractivity contribution in [3.8, 4) is 11.3 Å². The zero-order valence-electron chi connectivity index (χ0n) is 29.1. The molecule has 2 N–H and O–H groups in total. The molecule has 47 heavy (non-hydrogen) atoms. The molecule has 1 atom stereocenters. The van der Waals surface area contributed by atoms with Gasteiger partial charge in [0, 0.05) is 42.9 Å². The van der Waals surface area contributed by atoms with Crippen LogP contribution in [-0.4, -0.2) is 48.8 Å². The van der Waals surface area contributed by atoms with Gasteiger partial charge >= 0.3 is 7.12 Å². The van der Waals surface area contributed by atoms with Crippen LogP contribution in [-0.2, 0) is 22.1 Å². The molecular weight excluding hydrogens is 599 g/mol. The highest BCUT2D eigenvalue weighted by molar-refractivity contribution is 6.99. The van der Waals surface area contributed by atoms with Crippen molar-refractivity contribution in [1.82, 2.24) is 9.55 Å². The summed E-state index contributed by atoms with van der Waals surface area (Å²) in [4.78, 5) is 4.78. The molecule has 5 rings (SSSR count). The molecule has 246 valence electrons. The van der Waals surface area contributed by atoms with Gasteiger partial charge in [-0.3, -0.25) is 4.98 Å². The first-order valence-electron chi connectivity index (χ1n) is 16.6. The largest absolute Gasteiger partial charge is 0.488 e. The Bertz CT molecular complexity index is 1760. The van der Waals surface area contributed by atoms with Gasteiger partial charge in [-0.25, -0.2) is 0 Å². The maximum absolute atomic E-state index is 10.2. The molecule has 3 aromatic carbocycles. The average molecular weight is 649 g/mol. The maximum atomic E-state index is 10.2. The summed E-state index contributed by atoms with van der Waals surface area (Å²) in [6, 6.07) is 31.3. The molecular formula is C39H49BN2O4Si. The number of ether oxygens (including phenoxy) is 1. The number of aromatic nitrogens is 2. The lowest BCUT2D eigenvalue weighted by atomic mass is 9.78. The minimum Gasteiger partial charge on any atom is -0.423 e. The van der Waals surface area contributed by atoms with Crippen molar-refractivity contribution in [1.29, 1.82) is 0 Å². The molecule has 0 saturated heterocycles. The van der Waals surface area contributed by atoms with Gasteiger partial charge in [-0.2, -0.15) is 0 Å². The van der Waals surface area contributed by atoms with Crippen molar-refractivity contribution in [2.24, 2.45) is 5.41 Å². The smallest absolute Gasteiger partial charge is 0.423 e. The summed E-state index contributed by atoms with van der Waals surface area (Å²) < 4.78 is 15.6. The van der Waals surface area contributed by atoms with Gasteiger partial charge in [-0.05, 0) is 70.3 Å². The summed E-state index contributed by atoms with van der Waals surface area (Å²) >= 11 is 0. The molecule has 0 aliphatic carbocycles. The standard InChI is InChI=1S/C39H49BN2O4Si/c1-9-42-35-23-22-29(40(43)44)25-33(35)34(37(42)32-21-16-24-41-36(32)28(2)45-8)26-39(6,7)27-46-47(38(3,4)5,30-17-12-10-13-18-30)31-19-14-11-15-20-31/h10-25,28,43-44H,9,26-27H2,1-8H3. The van der Waals surface area contributed by atoms with Gasteiger partial charge in [0.05, 0.1) is 17.5 Å². The van der Waals surface area contributed by atoms with E-state index in [9.17, 15) is 10.0 Å². The third kappa shape index (κ3) is 6.76. The van der Waals surface area contributed by atoms with Gasteiger partial charge in [-0.1, -0.05) is 107 Å². The SMILES string of the molecule is CCn1c(-c2cccnc2C(C)OC)c(CC(C)(C)CO[Si](c2ccccc2)(c2ccccc2)C(C)(C)C)c2cc(B(O)O)ccc21. The predicted molar refractivity (Wildman–Crippen MR) is 197 cm³/mol. The summed E-state index contributed by atoms with van der Waals surface area (Å²) in [6.45, 7) is 16.9. The van der Waals surface area contributed by atoms with E-state index in [4.69, 9.17) is 14.1 Å². The molecule has 0 spiro atoms. The minimum atomic E-state index is -2.76. The van der Waals surface area contributed by atoms with E-state index in [1.54, 1.807) is 13.2 Å². The van der Waals surface area contributed by atoms with Gasteiger partial charge in [0.2, 0.25) is 0 Å². The summed E-state index contributed by atoms with van der Waals surface area (Å²) in [5.74, 6) is 0. The molecule has 6 nitrogen and oxygen atoms in total. The number of pyridine rings is 1. The van der Waals surface area contributed by atoms with Crippen LogP contribution >= 0.6 is 0 Å². The van der Waals surface area contributed by atoms with Crippen molar-refractivity contribution in [3.05, 3.63) is 108 Å². The van der Waals surface area contributed by atoms with Gasteiger partial charge in [0.15, 0.2) is 0 Å². The van der Waals surface area contributed by atoms with Crippen molar-refractivity contribution in [2.75, 3.05) is 13.7 Å². The zero-order chi connectivity index (χ0) is 34.0. The van der Waals surface area contributed by atoms with Crippen LogP contribution in [0.15, 0.2) is 97.2 Å². The molecule has 8 heteroatoms. The predicted octanol–water partition coefficient (Wildman–Crippen LogP) is 6.26. The van der Waals surface area contributed by atoms with E-state index in [-0.39, 0.29) is 16.6 Å². The van der Waals surface area contributed by atoms with Crippen LogP contribution in [0.5, 0.6) is 0 Å². The first-order valence-corrected chi connectivity index (χ1v) is 18.5. The van der Waals surface area contributed by atoms with Crippen LogP contribution in [0.25, 0.3) is 22.2 Å². The zero-order valence-corrected chi connectivity index (χ0v) is 30.1. The van der Waals surface area contributed by atoms with E-state index in [0.29, 0.717) is 18.5 Å². The average Bonchev–Trinajstić information content (AvgIpc) is 3.36. The van der Waals surface area contributed by atoms with Crippen molar-refractivity contribution in [2.45, 2.75) is 72.6 Å². The van der Waals surface area contributed by atoms with Crippen LogP contribution < -0.4 is 15.8 Å². The number of methoxy groups -OCH3 is 1. The number of aryl methyl sites for hydroxylation is 1. The Kier molecular flexibility index (Phi) is 10.3. The molecule has 0 fully saturated rings. The van der Waals surface area contributed by atoms with Gasteiger partial charge in [0.1, 0.15) is 0 Å². The molecule has 5 aromatic rings. The van der Waals surface area contributed by atoms with Gasteiger partial charge in [-0.15, -0.1) is 0 Å².